The van der Waals surface area contributed by atoms with Gasteiger partial charge in [0.15, 0.2) is 6.61 Å². The van der Waals surface area contributed by atoms with Crippen LogP contribution >= 0.6 is 0 Å². The van der Waals surface area contributed by atoms with E-state index in [1.165, 1.54) is 6.92 Å². The molecule has 0 aliphatic carbocycles. The first kappa shape index (κ1) is 12.9. The zero-order chi connectivity index (χ0) is 13.2. The van der Waals surface area contributed by atoms with E-state index in [1.807, 2.05) is 0 Å². The lowest BCUT2D eigenvalue weighted by Gasteiger charge is -2.09. The number of halogens is 3. The number of hydrogen-bond donors (Lipinski definition) is 1. The van der Waals surface area contributed by atoms with Crippen molar-refractivity contribution in [2.45, 2.75) is 13.1 Å². The van der Waals surface area contributed by atoms with Crippen LogP contribution in [0.3, 0.4) is 0 Å². The van der Waals surface area contributed by atoms with Gasteiger partial charge in [0, 0.05) is 0 Å². The molecule has 0 saturated heterocycles. The molecule has 1 aromatic rings. The third-order valence-corrected chi connectivity index (χ3v) is 1.60. The first-order valence-corrected chi connectivity index (χ1v) is 4.19. The molecule has 0 spiro atoms. The van der Waals surface area contributed by atoms with E-state index in [1.54, 1.807) is 0 Å². The van der Waals surface area contributed by atoms with Crippen molar-refractivity contribution in [1.29, 1.82) is 0 Å². The standard InChI is InChI=1S/C7H7F3N4O3/c1-3-4(14(15)16)5(13-6(11)12-3)17-2-7(8,9)10/h2H2,1H3,(H2,11,12,13). The van der Waals surface area contributed by atoms with Crippen molar-refractivity contribution in [2.24, 2.45) is 0 Å². The lowest BCUT2D eigenvalue weighted by atomic mass is 10.3. The van der Waals surface area contributed by atoms with E-state index in [0.717, 1.165) is 0 Å². The Morgan fingerprint density at radius 2 is 2.06 bits per heavy atom. The van der Waals surface area contributed by atoms with E-state index in [0.29, 0.717) is 0 Å². The molecule has 0 aliphatic rings. The average Bonchev–Trinajstić information content (AvgIpc) is 2.11. The molecule has 0 fully saturated rings. The summed E-state index contributed by atoms with van der Waals surface area (Å²) in [6, 6.07) is 0. The van der Waals surface area contributed by atoms with E-state index >= 15 is 0 Å². The Bertz CT molecular complexity index is 449. The Morgan fingerprint density at radius 1 is 1.47 bits per heavy atom. The minimum absolute atomic E-state index is 0.167. The molecule has 0 aromatic carbocycles. The highest BCUT2D eigenvalue weighted by molar-refractivity contribution is 5.47. The molecule has 0 bridgehead atoms. The first-order valence-electron chi connectivity index (χ1n) is 4.19. The highest BCUT2D eigenvalue weighted by atomic mass is 19.4. The van der Waals surface area contributed by atoms with Crippen molar-refractivity contribution < 1.29 is 22.8 Å². The van der Waals surface area contributed by atoms with Crippen molar-refractivity contribution in [3.8, 4) is 5.88 Å². The van der Waals surface area contributed by atoms with Crippen LogP contribution in [-0.2, 0) is 0 Å². The molecular weight excluding hydrogens is 245 g/mol. The molecule has 7 nitrogen and oxygen atoms in total. The summed E-state index contributed by atoms with van der Waals surface area (Å²) < 4.78 is 39.9. The van der Waals surface area contributed by atoms with Crippen molar-refractivity contribution in [3.63, 3.8) is 0 Å². The van der Waals surface area contributed by atoms with Gasteiger partial charge in [0.05, 0.1) is 4.92 Å². The van der Waals surface area contributed by atoms with Crippen LogP contribution in [0.2, 0.25) is 0 Å². The predicted molar refractivity (Wildman–Crippen MR) is 49.4 cm³/mol. The molecule has 0 aliphatic heterocycles. The maximum atomic E-state index is 11.9. The molecule has 17 heavy (non-hydrogen) atoms. The zero-order valence-electron chi connectivity index (χ0n) is 8.48. The number of nitrogens with zero attached hydrogens (tertiary/aromatic N) is 3. The number of nitrogens with two attached hydrogens (primary N) is 1. The fourth-order valence-corrected chi connectivity index (χ4v) is 1.02. The minimum Gasteiger partial charge on any atom is -0.463 e. The van der Waals surface area contributed by atoms with Crippen LogP contribution in [0.15, 0.2) is 0 Å². The molecule has 0 radical (unpaired) electrons. The number of rotatable bonds is 3. The fraction of sp³-hybridized carbons (Fsp3) is 0.429. The number of nitro groups is 1. The predicted octanol–water partition coefficient (Wildman–Crippen LogP) is 1.22. The van der Waals surface area contributed by atoms with E-state index in [4.69, 9.17) is 5.73 Å². The second-order valence-electron chi connectivity index (χ2n) is 2.98. The number of alkyl halides is 3. The van der Waals surface area contributed by atoms with E-state index in [2.05, 4.69) is 14.7 Å². The topological polar surface area (TPSA) is 104 Å². The third kappa shape index (κ3) is 3.43. The van der Waals surface area contributed by atoms with Crippen molar-refractivity contribution in [1.82, 2.24) is 9.97 Å². The minimum atomic E-state index is -4.62. The second-order valence-corrected chi connectivity index (χ2v) is 2.98. The van der Waals surface area contributed by atoms with Gasteiger partial charge in [-0.1, -0.05) is 0 Å². The van der Waals surface area contributed by atoms with Gasteiger partial charge in [0.1, 0.15) is 5.69 Å². The summed E-state index contributed by atoms with van der Waals surface area (Å²) in [4.78, 5) is 16.4. The van der Waals surface area contributed by atoms with E-state index < -0.39 is 35.2 Å². The Balaban J connectivity index is 3.09. The smallest absolute Gasteiger partial charge is 0.422 e. The molecule has 0 unspecified atom stereocenters. The van der Waals surface area contributed by atoms with Crippen LogP contribution in [0, 0.1) is 17.0 Å². The molecular formula is C7H7F3N4O3. The van der Waals surface area contributed by atoms with E-state index in [-0.39, 0.29) is 5.69 Å². The zero-order valence-corrected chi connectivity index (χ0v) is 8.48. The largest absolute Gasteiger partial charge is 0.463 e. The summed E-state index contributed by atoms with van der Waals surface area (Å²) in [5.41, 5.74) is 4.26. The summed E-state index contributed by atoms with van der Waals surface area (Å²) in [5.74, 6) is -1.19. The summed E-state index contributed by atoms with van der Waals surface area (Å²) in [6.45, 7) is -0.472. The summed E-state index contributed by atoms with van der Waals surface area (Å²) in [7, 11) is 0. The van der Waals surface area contributed by atoms with Crippen LogP contribution < -0.4 is 10.5 Å². The molecule has 0 saturated carbocycles. The number of nitrogen functional groups attached to an aromatic ring is 1. The summed E-state index contributed by atoms with van der Waals surface area (Å²) >= 11 is 0. The van der Waals surface area contributed by atoms with Crippen LogP contribution in [0.5, 0.6) is 5.88 Å². The third-order valence-electron chi connectivity index (χ3n) is 1.60. The molecule has 0 atom stereocenters. The van der Waals surface area contributed by atoms with Crippen LogP contribution in [0.25, 0.3) is 0 Å². The number of aryl methyl sites for hydroxylation is 1. The van der Waals surface area contributed by atoms with Crippen LogP contribution in [-0.4, -0.2) is 27.7 Å². The molecule has 1 aromatic heterocycles. The number of aromatic nitrogens is 2. The lowest BCUT2D eigenvalue weighted by molar-refractivity contribution is -0.387. The van der Waals surface area contributed by atoms with Crippen LogP contribution in [0.1, 0.15) is 5.69 Å². The van der Waals surface area contributed by atoms with Gasteiger partial charge in [0.25, 0.3) is 5.88 Å². The average molecular weight is 252 g/mol. The quantitative estimate of drug-likeness (QED) is 0.640. The second kappa shape index (κ2) is 4.39. The monoisotopic (exact) mass is 252 g/mol. The molecule has 2 N–H and O–H groups in total. The van der Waals surface area contributed by atoms with Crippen molar-refractivity contribution in [2.75, 3.05) is 12.3 Å². The number of ether oxygens (including phenoxy) is 1. The van der Waals surface area contributed by atoms with Gasteiger partial charge in [-0.2, -0.15) is 18.2 Å². The Kier molecular flexibility index (Phi) is 3.34. The van der Waals surface area contributed by atoms with Gasteiger partial charge in [0.2, 0.25) is 5.95 Å². The number of hydrogen-bond acceptors (Lipinski definition) is 6. The lowest BCUT2D eigenvalue weighted by Crippen LogP contribution is -2.20. The van der Waals surface area contributed by atoms with Gasteiger partial charge >= 0.3 is 11.9 Å². The van der Waals surface area contributed by atoms with Gasteiger partial charge in [-0.25, -0.2) is 4.98 Å². The van der Waals surface area contributed by atoms with Gasteiger partial charge in [-0.3, -0.25) is 10.1 Å². The molecule has 1 rings (SSSR count). The van der Waals surface area contributed by atoms with Gasteiger partial charge < -0.3 is 10.5 Å². The SMILES string of the molecule is Cc1nc(N)nc(OCC(F)(F)F)c1[N+](=O)[O-]. The Morgan fingerprint density at radius 3 is 2.53 bits per heavy atom. The molecule has 10 heteroatoms. The first-order chi connectivity index (χ1) is 7.70. The normalized spacial score (nSPS) is 11.3. The van der Waals surface area contributed by atoms with Gasteiger partial charge in [-0.05, 0) is 6.92 Å². The van der Waals surface area contributed by atoms with Crippen molar-refractivity contribution in [3.05, 3.63) is 15.8 Å². The molecule has 1 heterocycles. The summed E-state index contributed by atoms with van der Waals surface area (Å²) in [5, 5.41) is 10.6. The highest BCUT2D eigenvalue weighted by Gasteiger charge is 2.31. The van der Waals surface area contributed by atoms with Crippen LogP contribution in [0.4, 0.5) is 24.8 Å². The Labute approximate surface area is 92.6 Å². The summed E-state index contributed by atoms with van der Waals surface area (Å²) in [6.07, 6.45) is -4.62. The van der Waals surface area contributed by atoms with E-state index in [9.17, 15) is 23.3 Å². The molecule has 0 amide bonds. The maximum absolute atomic E-state index is 11.9. The Hall–Kier alpha value is -2.13. The maximum Gasteiger partial charge on any atom is 0.422 e. The molecule has 94 valence electrons. The fourth-order valence-electron chi connectivity index (χ4n) is 1.02. The highest BCUT2D eigenvalue weighted by Crippen LogP contribution is 2.29. The number of anilines is 1. The van der Waals surface area contributed by atoms with Gasteiger partial charge in [-0.15, -0.1) is 0 Å². The van der Waals surface area contributed by atoms with Crippen molar-refractivity contribution >= 4 is 11.6 Å².